The van der Waals surface area contributed by atoms with E-state index >= 15 is 0 Å². The van der Waals surface area contributed by atoms with Crippen LogP contribution in [0, 0.1) is 5.41 Å². The summed E-state index contributed by atoms with van der Waals surface area (Å²) in [7, 11) is 0. The SMILES string of the molecule is O=C(O)CC(CCO)(CCO)C(=O)O. The van der Waals surface area contributed by atoms with Gasteiger partial charge in [-0.25, -0.2) is 0 Å². The summed E-state index contributed by atoms with van der Waals surface area (Å²) in [6.07, 6.45) is -0.937. The van der Waals surface area contributed by atoms with E-state index in [2.05, 4.69) is 0 Å². The fraction of sp³-hybridized carbons (Fsp3) is 0.750. The summed E-state index contributed by atoms with van der Waals surface area (Å²) >= 11 is 0. The molecule has 0 rings (SSSR count). The third-order valence-corrected chi connectivity index (χ3v) is 2.12. The zero-order valence-electron chi connectivity index (χ0n) is 7.64. The maximum atomic E-state index is 10.9. The molecule has 0 saturated heterocycles. The van der Waals surface area contributed by atoms with Crippen molar-refractivity contribution in [1.82, 2.24) is 0 Å². The van der Waals surface area contributed by atoms with Gasteiger partial charge in [-0.3, -0.25) is 9.59 Å². The number of rotatable bonds is 7. The van der Waals surface area contributed by atoms with Crippen LogP contribution >= 0.6 is 0 Å². The van der Waals surface area contributed by atoms with E-state index in [-0.39, 0.29) is 12.8 Å². The highest BCUT2D eigenvalue weighted by Crippen LogP contribution is 2.30. The first-order valence-electron chi connectivity index (χ1n) is 4.15. The molecule has 0 heterocycles. The standard InChI is InChI=1S/C8H14O6/c9-3-1-8(2-4-10,7(13)14)5-6(11)12/h9-10H,1-5H2,(H,11,12)(H,13,14). The Balaban J connectivity index is 4.73. The van der Waals surface area contributed by atoms with Gasteiger partial charge in [0.1, 0.15) is 0 Å². The van der Waals surface area contributed by atoms with Gasteiger partial charge in [-0.05, 0) is 12.8 Å². The molecule has 0 aromatic carbocycles. The quantitative estimate of drug-likeness (QED) is 0.437. The predicted octanol–water partition coefficient (Wildman–Crippen LogP) is -0.703. The second-order valence-electron chi connectivity index (χ2n) is 3.10. The van der Waals surface area contributed by atoms with E-state index in [0.29, 0.717) is 0 Å². The van der Waals surface area contributed by atoms with Gasteiger partial charge < -0.3 is 20.4 Å². The topological polar surface area (TPSA) is 115 Å². The lowest BCUT2D eigenvalue weighted by atomic mass is 9.78. The Morgan fingerprint density at radius 2 is 1.43 bits per heavy atom. The van der Waals surface area contributed by atoms with Crippen molar-refractivity contribution >= 4 is 11.9 Å². The molecule has 0 aromatic rings. The van der Waals surface area contributed by atoms with Crippen molar-refractivity contribution < 1.29 is 30.0 Å². The first-order valence-corrected chi connectivity index (χ1v) is 4.15. The van der Waals surface area contributed by atoms with E-state index in [1.165, 1.54) is 0 Å². The number of aliphatic carboxylic acids is 2. The molecular formula is C8H14O6. The third kappa shape index (κ3) is 3.31. The predicted molar refractivity (Wildman–Crippen MR) is 45.7 cm³/mol. The number of carbonyl (C=O) groups is 2. The van der Waals surface area contributed by atoms with Crippen LogP contribution in [0.3, 0.4) is 0 Å². The zero-order valence-corrected chi connectivity index (χ0v) is 7.64. The molecule has 6 nitrogen and oxygen atoms in total. The second kappa shape index (κ2) is 5.56. The highest BCUT2D eigenvalue weighted by Gasteiger charge is 2.39. The fourth-order valence-corrected chi connectivity index (χ4v) is 1.31. The van der Waals surface area contributed by atoms with Crippen LogP contribution in [0.25, 0.3) is 0 Å². The molecule has 14 heavy (non-hydrogen) atoms. The van der Waals surface area contributed by atoms with Crippen LogP contribution in [0.1, 0.15) is 19.3 Å². The van der Waals surface area contributed by atoms with Crippen LogP contribution in [-0.2, 0) is 9.59 Å². The maximum absolute atomic E-state index is 10.9. The fourth-order valence-electron chi connectivity index (χ4n) is 1.31. The summed E-state index contributed by atoms with van der Waals surface area (Å²) in [4.78, 5) is 21.3. The van der Waals surface area contributed by atoms with Crippen LogP contribution in [0.15, 0.2) is 0 Å². The van der Waals surface area contributed by atoms with Gasteiger partial charge in [0.2, 0.25) is 0 Å². The Morgan fingerprint density at radius 3 is 1.64 bits per heavy atom. The number of aliphatic hydroxyl groups excluding tert-OH is 2. The lowest BCUT2D eigenvalue weighted by Crippen LogP contribution is -2.35. The molecule has 0 aliphatic heterocycles. The van der Waals surface area contributed by atoms with Gasteiger partial charge in [0.15, 0.2) is 0 Å². The molecule has 0 radical (unpaired) electrons. The van der Waals surface area contributed by atoms with Gasteiger partial charge in [-0.1, -0.05) is 0 Å². The molecule has 0 saturated carbocycles. The van der Waals surface area contributed by atoms with Gasteiger partial charge in [-0.2, -0.15) is 0 Å². The minimum absolute atomic E-state index is 0.171. The van der Waals surface area contributed by atoms with Crippen LogP contribution in [-0.4, -0.2) is 45.6 Å². The molecule has 6 heteroatoms. The lowest BCUT2D eigenvalue weighted by Gasteiger charge is -2.25. The van der Waals surface area contributed by atoms with Crippen molar-refractivity contribution in [3.8, 4) is 0 Å². The normalized spacial score (nSPS) is 11.3. The average molecular weight is 206 g/mol. The Morgan fingerprint density at radius 1 is 1.00 bits per heavy atom. The average Bonchev–Trinajstić information content (AvgIpc) is 2.03. The molecule has 0 atom stereocenters. The first-order chi connectivity index (χ1) is 6.48. The highest BCUT2D eigenvalue weighted by atomic mass is 16.4. The maximum Gasteiger partial charge on any atom is 0.310 e. The van der Waals surface area contributed by atoms with Crippen molar-refractivity contribution in [2.45, 2.75) is 19.3 Å². The van der Waals surface area contributed by atoms with Crippen LogP contribution in [0.2, 0.25) is 0 Å². The molecule has 0 aliphatic rings. The Hall–Kier alpha value is -1.14. The molecule has 82 valence electrons. The minimum Gasteiger partial charge on any atom is -0.481 e. The number of carboxylic acids is 2. The van der Waals surface area contributed by atoms with E-state index < -0.39 is 37.0 Å². The van der Waals surface area contributed by atoms with E-state index in [0.717, 1.165) is 0 Å². The van der Waals surface area contributed by atoms with Gasteiger partial charge >= 0.3 is 11.9 Å². The number of hydrogen-bond acceptors (Lipinski definition) is 4. The Kier molecular flexibility index (Phi) is 5.11. The van der Waals surface area contributed by atoms with Crippen molar-refractivity contribution in [3.63, 3.8) is 0 Å². The number of aliphatic hydroxyl groups is 2. The van der Waals surface area contributed by atoms with E-state index in [1.807, 2.05) is 0 Å². The molecular weight excluding hydrogens is 192 g/mol. The highest BCUT2D eigenvalue weighted by molar-refractivity contribution is 5.81. The number of hydrogen-bond donors (Lipinski definition) is 4. The van der Waals surface area contributed by atoms with Crippen molar-refractivity contribution in [2.75, 3.05) is 13.2 Å². The van der Waals surface area contributed by atoms with Gasteiger partial charge in [0.05, 0.1) is 11.8 Å². The molecule has 0 unspecified atom stereocenters. The Labute approximate surface area is 80.8 Å². The van der Waals surface area contributed by atoms with Crippen molar-refractivity contribution in [3.05, 3.63) is 0 Å². The third-order valence-electron chi connectivity index (χ3n) is 2.12. The van der Waals surface area contributed by atoms with Crippen molar-refractivity contribution in [1.29, 1.82) is 0 Å². The molecule has 0 amide bonds. The van der Waals surface area contributed by atoms with E-state index in [1.54, 1.807) is 0 Å². The summed E-state index contributed by atoms with van der Waals surface area (Å²) in [5, 5.41) is 34.7. The monoisotopic (exact) mass is 206 g/mol. The summed E-state index contributed by atoms with van der Waals surface area (Å²) in [5.41, 5.74) is -1.56. The summed E-state index contributed by atoms with van der Waals surface area (Å²) < 4.78 is 0. The minimum atomic E-state index is -1.56. The van der Waals surface area contributed by atoms with Crippen LogP contribution in [0.4, 0.5) is 0 Å². The molecule has 0 bridgehead atoms. The summed E-state index contributed by atoms with van der Waals surface area (Å²) in [6.45, 7) is -0.834. The van der Waals surface area contributed by atoms with Crippen molar-refractivity contribution in [2.24, 2.45) is 5.41 Å². The first kappa shape index (κ1) is 12.9. The van der Waals surface area contributed by atoms with E-state index in [9.17, 15) is 9.59 Å². The summed E-state index contributed by atoms with van der Waals surface area (Å²) in [6, 6.07) is 0. The largest absolute Gasteiger partial charge is 0.481 e. The van der Waals surface area contributed by atoms with Gasteiger partial charge in [-0.15, -0.1) is 0 Å². The Bertz CT molecular complexity index is 206. The van der Waals surface area contributed by atoms with Gasteiger partial charge in [0, 0.05) is 13.2 Å². The molecule has 0 aliphatic carbocycles. The number of carboxylic acid groups (broad SMARTS) is 2. The lowest BCUT2D eigenvalue weighted by molar-refractivity contribution is -0.158. The molecule has 0 spiro atoms. The molecule has 4 N–H and O–H groups in total. The van der Waals surface area contributed by atoms with Gasteiger partial charge in [0.25, 0.3) is 0 Å². The molecule has 0 aromatic heterocycles. The smallest absolute Gasteiger partial charge is 0.310 e. The molecule has 0 fully saturated rings. The van der Waals surface area contributed by atoms with E-state index in [4.69, 9.17) is 20.4 Å². The summed E-state index contributed by atoms with van der Waals surface area (Å²) in [5.74, 6) is -2.56. The van der Waals surface area contributed by atoms with Crippen LogP contribution < -0.4 is 0 Å². The second-order valence-corrected chi connectivity index (χ2v) is 3.10. The van der Waals surface area contributed by atoms with Crippen LogP contribution in [0.5, 0.6) is 0 Å². The zero-order chi connectivity index (χ0) is 11.2.